The summed E-state index contributed by atoms with van der Waals surface area (Å²) >= 11 is 0. The van der Waals surface area contributed by atoms with Gasteiger partial charge in [-0.2, -0.15) is 0 Å². The molecule has 0 aromatic rings. The molecule has 0 spiro atoms. The number of carboxylic acids is 2. The molecule has 0 aromatic heterocycles. The summed E-state index contributed by atoms with van der Waals surface area (Å²) in [7, 11) is 0. The Kier molecular flexibility index (Phi) is 23.4. The Morgan fingerprint density at radius 1 is 0.556 bits per heavy atom. The van der Waals surface area contributed by atoms with Gasteiger partial charge < -0.3 is 15.5 Å². The van der Waals surface area contributed by atoms with Crippen LogP contribution in [0.25, 0.3) is 0 Å². The van der Waals surface area contributed by atoms with Crippen LogP contribution < -0.4 is 5.32 Å². The van der Waals surface area contributed by atoms with Crippen molar-refractivity contribution >= 4 is 23.6 Å². The predicted octanol–water partition coefficient (Wildman–Crippen LogP) is 7.20. The van der Waals surface area contributed by atoms with Crippen LogP contribution in [0.4, 0.5) is 0 Å². The lowest BCUT2D eigenvalue weighted by atomic mass is 10.0. The molecule has 1 atom stereocenters. The smallest absolute Gasteiger partial charge is 0.326 e. The van der Waals surface area contributed by atoms with Crippen LogP contribution in [0.15, 0.2) is 0 Å². The van der Waals surface area contributed by atoms with Gasteiger partial charge in [0.15, 0.2) is 0 Å². The number of carbonyl (C=O) groups is 4. The van der Waals surface area contributed by atoms with Crippen LogP contribution in [-0.2, 0) is 19.2 Å². The molecule has 0 fully saturated rings. The van der Waals surface area contributed by atoms with Gasteiger partial charge in [-0.05, 0) is 25.7 Å². The highest BCUT2D eigenvalue weighted by Crippen LogP contribution is 2.14. The third-order valence-corrected chi connectivity index (χ3v) is 6.70. The fourth-order valence-corrected chi connectivity index (χ4v) is 4.36. The van der Waals surface area contributed by atoms with Crippen molar-refractivity contribution in [3.63, 3.8) is 0 Å². The average Bonchev–Trinajstić information content (AvgIpc) is 2.84. The largest absolute Gasteiger partial charge is 0.481 e. The van der Waals surface area contributed by atoms with Crippen molar-refractivity contribution in [2.75, 3.05) is 0 Å². The maximum atomic E-state index is 12.1. The summed E-state index contributed by atoms with van der Waals surface area (Å²) < 4.78 is 0. The summed E-state index contributed by atoms with van der Waals surface area (Å²) in [4.78, 5) is 45.7. The van der Waals surface area contributed by atoms with Crippen LogP contribution in [0, 0.1) is 0 Å². The Morgan fingerprint density at radius 3 is 1.36 bits per heavy atom. The molecular weight excluding hydrogens is 458 g/mol. The second kappa shape index (κ2) is 24.8. The van der Waals surface area contributed by atoms with Gasteiger partial charge in [0.1, 0.15) is 11.8 Å². The number of hydrogen-bond acceptors (Lipinski definition) is 4. The molecule has 36 heavy (non-hydrogen) atoms. The molecule has 0 heterocycles. The Morgan fingerprint density at radius 2 is 0.972 bits per heavy atom. The van der Waals surface area contributed by atoms with Crippen molar-refractivity contribution in [1.29, 1.82) is 0 Å². The molecule has 0 aliphatic carbocycles. The van der Waals surface area contributed by atoms with Gasteiger partial charge in [0, 0.05) is 25.7 Å². The van der Waals surface area contributed by atoms with Crippen molar-refractivity contribution in [3.8, 4) is 0 Å². The van der Waals surface area contributed by atoms with Crippen LogP contribution >= 0.6 is 0 Å². The number of ketones is 1. The van der Waals surface area contributed by atoms with Gasteiger partial charge in [-0.15, -0.1) is 0 Å². The third kappa shape index (κ3) is 23.8. The maximum absolute atomic E-state index is 12.1. The van der Waals surface area contributed by atoms with E-state index in [0.717, 1.165) is 51.4 Å². The number of hydrogen-bond donors (Lipinski definition) is 3. The normalized spacial score (nSPS) is 11.8. The van der Waals surface area contributed by atoms with Crippen molar-refractivity contribution in [2.45, 2.75) is 161 Å². The monoisotopic (exact) mass is 511 g/mol. The van der Waals surface area contributed by atoms with Gasteiger partial charge >= 0.3 is 11.9 Å². The topological polar surface area (TPSA) is 121 Å². The minimum Gasteiger partial charge on any atom is -0.481 e. The molecule has 3 N–H and O–H groups in total. The van der Waals surface area contributed by atoms with E-state index in [1.165, 1.54) is 64.2 Å². The SMILES string of the molecule is CCCCC(=O)CC[C@H](NC(=O)CCCCCCCCCCCCCCCCCCC(=O)O)C(=O)O. The van der Waals surface area contributed by atoms with E-state index < -0.39 is 18.0 Å². The molecular formula is C29H53NO6. The Bertz CT molecular complexity index is 592. The lowest BCUT2D eigenvalue weighted by Crippen LogP contribution is -2.41. The van der Waals surface area contributed by atoms with E-state index in [-0.39, 0.29) is 24.5 Å². The zero-order valence-corrected chi connectivity index (χ0v) is 22.9. The number of Topliss-reactive ketones (excluding diaryl/α,β-unsaturated/α-hetero) is 1. The molecule has 210 valence electrons. The fraction of sp³-hybridized carbons (Fsp3) is 0.862. The van der Waals surface area contributed by atoms with Gasteiger partial charge in [-0.1, -0.05) is 103 Å². The summed E-state index contributed by atoms with van der Waals surface area (Å²) in [6.45, 7) is 2.01. The molecule has 0 saturated carbocycles. The number of unbranched alkanes of at least 4 members (excludes halogenated alkanes) is 16. The molecule has 7 nitrogen and oxygen atoms in total. The van der Waals surface area contributed by atoms with E-state index in [1.807, 2.05) is 6.92 Å². The van der Waals surface area contributed by atoms with E-state index in [4.69, 9.17) is 5.11 Å². The number of amides is 1. The standard InChI is InChI=1S/C29H53NO6/c1-2-3-20-25(31)23-24-26(29(35)36)30-27(32)21-18-16-14-12-10-8-6-4-5-7-9-11-13-15-17-19-22-28(33)34/h26H,2-24H2,1H3,(H,30,32)(H,33,34)(H,35,36)/t26-/m0/s1. The summed E-state index contributed by atoms with van der Waals surface area (Å²) in [6, 6.07) is -0.974. The highest BCUT2D eigenvalue weighted by molar-refractivity contribution is 5.84. The molecule has 0 radical (unpaired) electrons. The minimum absolute atomic E-state index is 0.0654. The highest BCUT2D eigenvalue weighted by atomic mass is 16.4. The maximum Gasteiger partial charge on any atom is 0.326 e. The Hall–Kier alpha value is -1.92. The number of carboxylic acid groups (broad SMARTS) is 2. The second-order valence-corrected chi connectivity index (χ2v) is 10.2. The Balaban J connectivity index is 3.50. The molecule has 0 rings (SSSR count). The third-order valence-electron chi connectivity index (χ3n) is 6.70. The lowest BCUT2D eigenvalue weighted by Gasteiger charge is -2.14. The van der Waals surface area contributed by atoms with Crippen molar-refractivity contribution in [3.05, 3.63) is 0 Å². The first kappa shape index (κ1) is 34.1. The second-order valence-electron chi connectivity index (χ2n) is 10.2. The van der Waals surface area contributed by atoms with Crippen LogP contribution in [0.5, 0.6) is 0 Å². The molecule has 0 bridgehead atoms. The van der Waals surface area contributed by atoms with Gasteiger partial charge in [-0.25, -0.2) is 4.79 Å². The van der Waals surface area contributed by atoms with E-state index >= 15 is 0 Å². The van der Waals surface area contributed by atoms with Gasteiger partial charge in [0.2, 0.25) is 5.91 Å². The van der Waals surface area contributed by atoms with E-state index in [0.29, 0.717) is 19.3 Å². The van der Waals surface area contributed by atoms with Crippen LogP contribution in [0.3, 0.4) is 0 Å². The number of aliphatic carboxylic acids is 2. The van der Waals surface area contributed by atoms with Crippen molar-refractivity contribution in [1.82, 2.24) is 5.32 Å². The highest BCUT2D eigenvalue weighted by Gasteiger charge is 2.20. The van der Waals surface area contributed by atoms with Crippen LogP contribution in [0.1, 0.15) is 155 Å². The van der Waals surface area contributed by atoms with Crippen molar-refractivity contribution in [2.24, 2.45) is 0 Å². The molecule has 0 saturated heterocycles. The average molecular weight is 512 g/mol. The van der Waals surface area contributed by atoms with Gasteiger partial charge in [0.05, 0.1) is 0 Å². The first-order chi connectivity index (χ1) is 17.4. The van der Waals surface area contributed by atoms with Crippen LogP contribution in [0.2, 0.25) is 0 Å². The summed E-state index contributed by atoms with van der Waals surface area (Å²) in [5.41, 5.74) is 0. The first-order valence-electron chi connectivity index (χ1n) is 14.6. The van der Waals surface area contributed by atoms with Crippen molar-refractivity contribution < 1.29 is 29.4 Å². The lowest BCUT2D eigenvalue weighted by molar-refractivity contribution is -0.142. The zero-order valence-electron chi connectivity index (χ0n) is 22.9. The van der Waals surface area contributed by atoms with E-state index in [9.17, 15) is 24.3 Å². The van der Waals surface area contributed by atoms with Gasteiger partial charge in [0.25, 0.3) is 0 Å². The number of nitrogens with one attached hydrogen (secondary N) is 1. The number of carbonyl (C=O) groups excluding carboxylic acids is 2. The van der Waals surface area contributed by atoms with E-state index in [1.54, 1.807) is 0 Å². The summed E-state index contributed by atoms with van der Waals surface area (Å²) in [6.07, 6.45) is 21.8. The molecule has 7 heteroatoms. The van der Waals surface area contributed by atoms with Crippen LogP contribution in [-0.4, -0.2) is 39.9 Å². The van der Waals surface area contributed by atoms with E-state index in [2.05, 4.69) is 5.32 Å². The minimum atomic E-state index is -1.07. The quantitative estimate of drug-likeness (QED) is 0.100. The fourth-order valence-electron chi connectivity index (χ4n) is 4.36. The summed E-state index contributed by atoms with van der Waals surface area (Å²) in [5, 5.41) is 20.5. The zero-order chi connectivity index (χ0) is 26.9. The van der Waals surface area contributed by atoms with Gasteiger partial charge in [-0.3, -0.25) is 14.4 Å². The molecule has 0 aliphatic heterocycles. The first-order valence-corrected chi connectivity index (χ1v) is 14.6. The predicted molar refractivity (Wildman–Crippen MR) is 144 cm³/mol. The molecule has 0 aromatic carbocycles. The molecule has 1 amide bonds. The molecule has 0 aliphatic rings. The Labute approximate surface area is 219 Å². The molecule has 0 unspecified atom stereocenters. The summed E-state index contributed by atoms with van der Waals surface area (Å²) in [5.74, 6) is -1.93. The number of rotatable bonds is 27.